The average molecular weight is 345 g/mol. The summed E-state index contributed by atoms with van der Waals surface area (Å²) >= 11 is 0. The predicted octanol–water partition coefficient (Wildman–Crippen LogP) is 4.60. The van der Waals surface area contributed by atoms with Gasteiger partial charge in [-0.25, -0.2) is 0 Å². The van der Waals surface area contributed by atoms with E-state index in [1.807, 2.05) is 6.20 Å². The zero-order valence-electron chi connectivity index (χ0n) is 15.9. The van der Waals surface area contributed by atoms with Gasteiger partial charge in [-0.15, -0.1) is 0 Å². The van der Waals surface area contributed by atoms with E-state index < -0.39 is 0 Å². The van der Waals surface area contributed by atoms with Gasteiger partial charge in [0, 0.05) is 35.9 Å². The summed E-state index contributed by atoms with van der Waals surface area (Å²) in [6.45, 7) is 12.0. The summed E-state index contributed by atoms with van der Waals surface area (Å²) in [5.74, 6) is 0. The topological polar surface area (TPSA) is 50.9 Å². The Bertz CT molecular complexity index is 934. The molecule has 134 valence electrons. The van der Waals surface area contributed by atoms with Crippen LogP contribution in [0.1, 0.15) is 29.2 Å². The number of hydrogen-bond donors (Lipinski definition) is 2. The zero-order chi connectivity index (χ0) is 18.7. The molecule has 2 aromatic carbocycles. The van der Waals surface area contributed by atoms with Crippen LogP contribution in [0.3, 0.4) is 0 Å². The second kappa shape index (κ2) is 7.71. The van der Waals surface area contributed by atoms with Crippen molar-refractivity contribution in [3.05, 3.63) is 71.4 Å². The van der Waals surface area contributed by atoms with E-state index in [2.05, 4.69) is 74.0 Å². The van der Waals surface area contributed by atoms with Crippen molar-refractivity contribution in [1.82, 2.24) is 10.3 Å². The number of hydrogen-bond acceptors (Lipinski definition) is 3. The van der Waals surface area contributed by atoms with E-state index >= 15 is 0 Å². The Labute approximate surface area is 156 Å². The summed E-state index contributed by atoms with van der Waals surface area (Å²) in [7, 11) is 0. The maximum absolute atomic E-state index is 5.56. The number of nitrogens with one attached hydrogen (secondary N) is 1. The highest BCUT2D eigenvalue weighted by Crippen LogP contribution is 2.27. The van der Waals surface area contributed by atoms with Crippen LogP contribution in [0, 0.1) is 13.8 Å². The fraction of sp³-hybridized carbons (Fsp3) is 0.261. The van der Waals surface area contributed by atoms with Gasteiger partial charge in [0.2, 0.25) is 0 Å². The van der Waals surface area contributed by atoms with Gasteiger partial charge in [0.15, 0.2) is 0 Å². The molecule has 1 heterocycles. The van der Waals surface area contributed by atoms with Crippen molar-refractivity contribution in [3.63, 3.8) is 0 Å². The molecule has 0 bridgehead atoms. The maximum atomic E-state index is 5.56. The third-order valence-electron chi connectivity index (χ3n) is 4.90. The van der Waals surface area contributed by atoms with E-state index in [9.17, 15) is 0 Å². The van der Waals surface area contributed by atoms with Gasteiger partial charge in [-0.1, -0.05) is 25.6 Å². The summed E-state index contributed by atoms with van der Waals surface area (Å²) in [5, 5.41) is 5.54. The minimum absolute atomic E-state index is 0.590. The van der Waals surface area contributed by atoms with E-state index in [1.165, 1.54) is 22.3 Å². The van der Waals surface area contributed by atoms with Crippen LogP contribution in [0.2, 0.25) is 0 Å². The molecule has 0 unspecified atom stereocenters. The maximum Gasteiger partial charge on any atom is 0.0708 e. The second-order valence-corrected chi connectivity index (χ2v) is 6.77. The number of nitrogens with two attached hydrogens (primary N) is 1. The molecule has 0 radical (unpaired) electrons. The number of nitrogens with zero attached hydrogens (tertiary/aromatic N) is 1. The number of pyridine rings is 1. The molecule has 0 saturated carbocycles. The largest absolute Gasteiger partial charge is 0.384 e. The summed E-state index contributed by atoms with van der Waals surface area (Å²) in [6.07, 6.45) is 3.01. The molecule has 0 spiro atoms. The predicted molar refractivity (Wildman–Crippen MR) is 112 cm³/mol. The lowest BCUT2D eigenvalue weighted by Gasteiger charge is -2.12. The molecule has 3 nitrogen and oxygen atoms in total. The van der Waals surface area contributed by atoms with E-state index in [0.717, 1.165) is 40.7 Å². The molecule has 3 heteroatoms. The Kier molecular flexibility index (Phi) is 5.38. The third kappa shape index (κ3) is 3.63. The molecule has 0 aliphatic rings. The number of rotatable bonds is 6. The van der Waals surface area contributed by atoms with Crippen molar-refractivity contribution < 1.29 is 0 Å². The van der Waals surface area contributed by atoms with Crippen molar-refractivity contribution in [2.45, 2.75) is 27.2 Å². The van der Waals surface area contributed by atoms with Crippen LogP contribution in [-0.2, 0) is 6.42 Å². The first-order valence-electron chi connectivity index (χ1n) is 9.17. The van der Waals surface area contributed by atoms with Crippen LogP contribution in [0.15, 0.2) is 49.2 Å². The fourth-order valence-corrected chi connectivity index (χ4v) is 3.51. The summed E-state index contributed by atoms with van der Waals surface area (Å²) in [6, 6.07) is 13.0. The van der Waals surface area contributed by atoms with Crippen LogP contribution >= 0.6 is 0 Å². The first-order chi connectivity index (χ1) is 12.5. The number of aromatic nitrogens is 1. The molecule has 0 aliphatic carbocycles. The Balaban J connectivity index is 2.01. The Morgan fingerprint density at radius 3 is 2.46 bits per heavy atom. The average Bonchev–Trinajstić information content (AvgIpc) is 2.64. The molecule has 26 heavy (non-hydrogen) atoms. The molecule has 1 aromatic heterocycles. The van der Waals surface area contributed by atoms with Crippen LogP contribution in [0.4, 0.5) is 0 Å². The molecule has 3 N–H and O–H groups in total. The molecule has 0 fully saturated rings. The van der Waals surface area contributed by atoms with Crippen molar-refractivity contribution in [1.29, 1.82) is 0 Å². The van der Waals surface area contributed by atoms with Gasteiger partial charge in [-0.05, 0) is 72.2 Å². The first-order valence-corrected chi connectivity index (χ1v) is 9.17. The van der Waals surface area contributed by atoms with Gasteiger partial charge in [-0.3, -0.25) is 4.98 Å². The summed E-state index contributed by atoms with van der Waals surface area (Å²) < 4.78 is 0. The van der Waals surface area contributed by atoms with Crippen LogP contribution < -0.4 is 11.1 Å². The standard InChI is InChI=1S/C23H27N3/c1-5-22-15(2)10-21(11-16(22)3)23-13-20-12-18(17(4)25-9-8-24)6-7-19(20)14-26-23/h6-7,10-14,25H,4-5,8-9,24H2,1-3H3. The van der Waals surface area contributed by atoms with Crippen LogP contribution in [-0.4, -0.2) is 18.1 Å². The molecule has 3 aromatic rings. The van der Waals surface area contributed by atoms with Gasteiger partial charge < -0.3 is 11.1 Å². The van der Waals surface area contributed by atoms with Crippen LogP contribution in [0.25, 0.3) is 27.7 Å². The van der Waals surface area contributed by atoms with Crippen molar-refractivity contribution in [2.24, 2.45) is 5.73 Å². The number of benzene rings is 2. The van der Waals surface area contributed by atoms with Gasteiger partial charge in [0.05, 0.1) is 5.69 Å². The molecular weight excluding hydrogens is 318 g/mol. The second-order valence-electron chi connectivity index (χ2n) is 6.77. The highest BCUT2D eigenvalue weighted by molar-refractivity contribution is 5.88. The van der Waals surface area contributed by atoms with E-state index in [0.29, 0.717) is 6.54 Å². The summed E-state index contributed by atoms with van der Waals surface area (Å²) in [5.41, 5.74) is 13.8. The minimum atomic E-state index is 0.590. The SMILES string of the molecule is C=C(NCCN)c1ccc2cnc(-c3cc(C)c(CC)c(C)c3)cc2c1. The lowest BCUT2D eigenvalue weighted by atomic mass is 9.95. The molecule has 0 atom stereocenters. The fourth-order valence-electron chi connectivity index (χ4n) is 3.51. The number of fused-ring (bicyclic) bond motifs is 1. The monoisotopic (exact) mass is 345 g/mol. The van der Waals surface area contributed by atoms with E-state index in [4.69, 9.17) is 5.73 Å². The molecule has 3 rings (SSSR count). The minimum Gasteiger partial charge on any atom is -0.384 e. The lowest BCUT2D eigenvalue weighted by molar-refractivity contribution is 0.859. The molecular formula is C23H27N3. The van der Waals surface area contributed by atoms with Crippen molar-refractivity contribution in [2.75, 3.05) is 13.1 Å². The highest BCUT2D eigenvalue weighted by atomic mass is 14.9. The molecule has 0 saturated heterocycles. The van der Waals surface area contributed by atoms with E-state index in [-0.39, 0.29) is 0 Å². The van der Waals surface area contributed by atoms with Crippen molar-refractivity contribution >= 4 is 16.5 Å². The van der Waals surface area contributed by atoms with Crippen molar-refractivity contribution in [3.8, 4) is 11.3 Å². The quantitative estimate of drug-likeness (QED) is 0.686. The Hall–Kier alpha value is -2.65. The Morgan fingerprint density at radius 2 is 1.81 bits per heavy atom. The van der Waals surface area contributed by atoms with Gasteiger partial charge in [0.25, 0.3) is 0 Å². The van der Waals surface area contributed by atoms with Crippen LogP contribution in [0.5, 0.6) is 0 Å². The normalized spacial score (nSPS) is 10.9. The molecule has 0 amide bonds. The smallest absolute Gasteiger partial charge is 0.0708 e. The number of aryl methyl sites for hydroxylation is 2. The Morgan fingerprint density at radius 1 is 1.08 bits per heavy atom. The van der Waals surface area contributed by atoms with E-state index in [1.54, 1.807) is 0 Å². The van der Waals surface area contributed by atoms with Gasteiger partial charge in [-0.2, -0.15) is 0 Å². The van der Waals surface area contributed by atoms with Gasteiger partial charge >= 0.3 is 0 Å². The third-order valence-corrected chi connectivity index (χ3v) is 4.90. The summed E-state index contributed by atoms with van der Waals surface area (Å²) in [4.78, 5) is 4.68. The van der Waals surface area contributed by atoms with Gasteiger partial charge in [0.1, 0.15) is 0 Å². The zero-order valence-corrected chi connectivity index (χ0v) is 15.9. The molecule has 0 aliphatic heterocycles. The highest BCUT2D eigenvalue weighted by Gasteiger charge is 2.08. The lowest BCUT2D eigenvalue weighted by Crippen LogP contribution is -2.20. The first kappa shape index (κ1) is 18.2.